The van der Waals surface area contributed by atoms with Gasteiger partial charge in [-0.15, -0.1) is 0 Å². The number of carbonyl (C=O) groups excluding carboxylic acids is 4. The summed E-state index contributed by atoms with van der Waals surface area (Å²) in [5.41, 5.74) is -0.187. The number of hydrogen-bond donors (Lipinski definition) is 0. The molecule has 0 spiro atoms. The number of nitrogens with zero attached hydrogens (tertiary/aromatic N) is 2. The standard InChI is InChI=1S/C29H26N2O8/c1-36-25(32)20-17-13-16(12-15-8-6-5-7-9-15)19(21(20)26(33)37-2)24-22(27(34)38-3)23(28(35)39-4)29(14-30)11-10-18(17)31(24)29/h5-11,13,17-19,24H,12H2,1-4H3/t17-,18?,19-,24+,29+/m1/s1. The lowest BCUT2D eigenvalue weighted by Gasteiger charge is -2.37. The zero-order valence-electron chi connectivity index (χ0n) is 21.8. The van der Waals surface area contributed by atoms with Crippen molar-refractivity contribution < 1.29 is 38.1 Å². The third kappa shape index (κ3) is 3.57. The van der Waals surface area contributed by atoms with Crippen LogP contribution in [-0.4, -0.2) is 74.8 Å². The van der Waals surface area contributed by atoms with Crippen molar-refractivity contribution in [2.75, 3.05) is 28.4 Å². The van der Waals surface area contributed by atoms with Crippen molar-refractivity contribution in [3.63, 3.8) is 0 Å². The average molecular weight is 531 g/mol. The quantitative estimate of drug-likeness (QED) is 0.303. The molecule has 1 aromatic carbocycles. The molecule has 0 amide bonds. The van der Waals surface area contributed by atoms with Gasteiger partial charge in [-0.25, -0.2) is 19.2 Å². The van der Waals surface area contributed by atoms with Gasteiger partial charge in [0.05, 0.1) is 62.8 Å². The van der Waals surface area contributed by atoms with Crippen LogP contribution in [0.5, 0.6) is 0 Å². The lowest BCUT2D eigenvalue weighted by Crippen LogP contribution is -2.52. The Morgan fingerprint density at radius 3 is 2.05 bits per heavy atom. The number of carbonyl (C=O) groups is 4. The van der Waals surface area contributed by atoms with Crippen LogP contribution in [0.3, 0.4) is 0 Å². The summed E-state index contributed by atoms with van der Waals surface area (Å²) in [5.74, 6) is -4.89. The zero-order chi connectivity index (χ0) is 28.1. The highest BCUT2D eigenvalue weighted by Crippen LogP contribution is 2.57. The summed E-state index contributed by atoms with van der Waals surface area (Å²) in [5, 5.41) is 10.5. The lowest BCUT2D eigenvalue weighted by atomic mass is 9.71. The minimum atomic E-state index is -1.69. The molecule has 0 saturated heterocycles. The molecule has 1 aliphatic carbocycles. The number of methoxy groups -OCH3 is 4. The van der Waals surface area contributed by atoms with Crippen LogP contribution in [0.1, 0.15) is 5.56 Å². The Bertz CT molecular complexity index is 1450. The first-order valence-corrected chi connectivity index (χ1v) is 12.2. The van der Waals surface area contributed by atoms with Crippen molar-refractivity contribution in [3.8, 4) is 6.07 Å². The number of benzene rings is 1. The second-order valence-electron chi connectivity index (χ2n) is 9.57. The molecule has 0 saturated carbocycles. The summed E-state index contributed by atoms with van der Waals surface area (Å²) in [6, 6.07) is 10.0. The van der Waals surface area contributed by atoms with E-state index in [1.165, 1.54) is 21.3 Å². The molecule has 10 nitrogen and oxygen atoms in total. The highest BCUT2D eigenvalue weighted by molar-refractivity contribution is 6.08. The molecule has 2 bridgehead atoms. The normalized spacial score (nSPS) is 28.3. The van der Waals surface area contributed by atoms with Gasteiger partial charge in [-0.1, -0.05) is 48.1 Å². The first-order valence-electron chi connectivity index (χ1n) is 12.2. The van der Waals surface area contributed by atoms with Crippen LogP contribution in [-0.2, 0) is 44.5 Å². The van der Waals surface area contributed by atoms with Crippen molar-refractivity contribution in [1.29, 1.82) is 5.26 Å². The largest absolute Gasteiger partial charge is 0.466 e. The van der Waals surface area contributed by atoms with E-state index in [-0.39, 0.29) is 22.3 Å². The molecule has 200 valence electrons. The van der Waals surface area contributed by atoms with E-state index < -0.39 is 53.3 Å². The third-order valence-electron chi connectivity index (χ3n) is 7.95. The Kier molecular flexibility index (Phi) is 6.48. The van der Waals surface area contributed by atoms with Crippen LogP contribution in [0.4, 0.5) is 0 Å². The van der Waals surface area contributed by atoms with Gasteiger partial charge >= 0.3 is 23.9 Å². The van der Waals surface area contributed by atoms with Crippen LogP contribution in [0.2, 0.25) is 0 Å². The fourth-order valence-electron chi connectivity index (χ4n) is 6.52. The van der Waals surface area contributed by atoms with E-state index in [1.807, 2.05) is 36.4 Å². The van der Waals surface area contributed by atoms with E-state index in [2.05, 4.69) is 6.07 Å². The predicted octanol–water partition coefficient (Wildman–Crippen LogP) is 1.59. The third-order valence-corrected chi connectivity index (χ3v) is 7.95. The van der Waals surface area contributed by atoms with Crippen molar-refractivity contribution in [1.82, 2.24) is 4.90 Å². The van der Waals surface area contributed by atoms with Gasteiger partial charge in [0, 0.05) is 17.9 Å². The Balaban J connectivity index is 1.87. The van der Waals surface area contributed by atoms with Gasteiger partial charge in [0.1, 0.15) is 0 Å². The summed E-state index contributed by atoms with van der Waals surface area (Å²) in [6.45, 7) is 0. The summed E-state index contributed by atoms with van der Waals surface area (Å²) in [7, 11) is 4.76. The second kappa shape index (κ2) is 9.67. The maximum Gasteiger partial charge on any atom is 0.337 e. The minimum absolute atomic E-state index is 0.0231. The van der Waals surface area contributed by atoms with Crippen LogP contribution in [0.25, 0.3) is 0 Å². The molecule has 0 radical (unpaired) electrons. The molecule has 0 fully saturated rings. The first kappa shape index (κ1) is 26.1. The summed E-state index contributed by atoms with van der Waals surface area (Å²) >= 11 is 0. The van der Waals surface area contributed by atoms with E-state index in [1.54, 1.807) is 17.1 Å². The summed E-state index contributed by atoms with van der Waals surface area (Å²) in [4.78, 5) is 55.0. The van der Waals surface area contributed by atoms with E-state index in [9.17, 15) is 24.4 Å². The van der Waals surface area contributed by atoms with Crippen LogP contribution >= 0.6 is 0 Å². The SMILES string of the molecule is COC(=O)C1=C(C(=O)OC)[C@@H]2C=C(Cc3ccccc3)[C@H]1[C@H]1C(C(=O)OC)=C(C(=O)OC)[C@@]3(C#N)C=CC2N13. The summed E-state index contributed by atoms with van der Waals surface area (Å²) < 4.78 is 20.4. The van der Waals surface area contributed by atoms with Gasteiger partial charge in [0.25, 0.3) is 0 Å². The molecule has 0 N–H and O–H groups in total. The van der Waals surface area contributed by atoms with Gasteiger partial charge in [0.15, 0.2) is 5.54 Å². The molecule has 6 rings (SSSR count). The highest BCUT2D eigenvalue weighted by Gasteiger charge is 2.67. The topological polar surface area (TPSA) is 132 Å². The Labute approximate surface area is 224 Å². The second-order valence-corrected chi connectivity index (χ2v) is 9.57. The molecule has 1 aromatic rings. The van der Waals surface area contributed by atoms with Gasteiger partial charge in [-0.2, -0.15) is 5.26 Å². The molecule has 1 unspecified atom stereocenters. The maximum absolute atomic E-state index is 13.5. The van der Waals surface area contributed by atoms with E-state index in [0.29, 0.717) is 6.42 Å². The van der Waals surface area contributed by atoms with Crippen molar-refractivity contribution in [3.05, 3.63) is 82.0 Å². The van der Waals surface area contributed by atoms with Gasteiger partial charge in [-0.05, 0) is 18.1 Å². The lowest BCUT2D eigenvalue weighted by molar-refractivity contribution is -0.140. The van der Waals surface area contributed by atoms with E-state index >= 15 is 0 Å². The fourth-order valence-corrected chi connectivity index (χ4v) is 6.52. The van der Waals surface area contributed by atoms with Crippen LogP contribution < -0.4 is 0 Å². The zero-order valence-corrected chi connectivity index (χ0v) is 21.8. The molecule has 5 atom stereocenters. The smallest absolute Gasteiger partial charge is 0.337 e. The average Bonchev–Trinajstić information content (AvgIpc) is 3.39. The van der Waals surface area contributed by atoms with Gasteiger partial charge in [-0.3, -0.25) is 4.90 Å². The molecular formula is C29H26N2O8. The van der Waals surface area contributed by atoms with Gasteiger partial charge in [0.2, 0.25) is 0 Å². The maximum atomic E-state index is 13.5. The molecule has 0 aromatic heterocycles. The van der Waals surface area contributed by atoms with E-state index in [0.717, 1.165) is 18.2 Å². The first-order chi connectivity index (χ1) is 18.8. The van der Waals surface area contributed by atoms with Crippen LogP contribution in [0, 0.1) is 23.2 Å². The number of rotatable bonds is 6. The Morgan fingerprint density at radius 2 is 1.46 bits per heavy atom. The minimum Gasteiger partial charge on any atom is -0.466 e. The molecule has 39 heavy (non-hydrogen) atoms. The Hall–Kier alpha value is -4.49. The van der Waals surface area contributed by atoms with Crippen molar-refractivity contribution in [2.45, 2.75) is 24.0 Å². The van der Waals surface area contributed by atoms with Gasteiger partial charge < -0.3 is 18.9 Å². The van der Waals surface area contributed by atoms with Crippen LogP contribution in [0.15, 0.2) is 76.4 Å². The predicted molar refractivity (Wildman–Crippen MR) is 134 cm³/mol. The number of hydrogen-bond acceptors (Lipinski definition) is 10. The van der Waals surface area contributed by atoms with E-state index in [4.69, 9.17) is 18.9 Å². The molecule has 4 aliphatic heterocycles. The van der Waals surface area contributed by atoms with Crippen molar-refractivity contribution in [2.24, 2.45) is 11.8 Å². The summed E-state index contributed by atoms with van der Waals surface area (Å²) in [6.07, 6.45) is 5.55. The molecule has 4 heterocycles. The number of esters is 4. The molecule has 10 heteroatoms. The fraction of sp³-hybridized carbons (Fsp3) is 0.345. The highest BCUT2D eigenvalue weighted by atomic mass is 16.5. The van der Waals surface area contributed by atoms with Crippen molar-refractivity contribution >= 4 is 23.9 Å². The molecule has 5 aliphatic rings. The number of ether oxygens (including phenoxy) is 4. The monoisotopic (exact) mass is 530 g/mol. The molecular weight excluding hydrogens is 504 g/mol. The number of nitriles is 1. The Morgan fingerprint density at radius 1 is 0.872 bits per heavy atom.